The van der Waals surface area contributed by atoms with Gasteiger partial charge in [0.2, 0.25) is 5.89 Å². The smallest absolute Gasteiger partial charge is 0.275 e. The van der Waals surface area contributed by atoms with Gasteiger partial charge in [0, 0.05) is 19.8 Å². The van der Waals surface area contributed by atoms with Crippen LogP contribution in [-0.2, 0) is 7.05 Å². The van der Waals surface area contributed by atoms with Gasteiger partial charge in [0.05, 0.1) is 0 Å². The summed E-state index contributed by atoms with van der Waals surface area (Å²) in [5, 5.41) is 4.23. The van der Waals surface area contributed by atoms with E-state index in [1.54, 1.807) is 16.9 Å². The summed E-state index contributed by atoms with van der Waals surface area (Å²) in [6, 6.07) is 9.32. The van der Waals surface area contributed by atoms with Gasteiger partial charge in [-0.1, -0.05) is 12.1 Å². The van der Waals surface area contributed by atoms with Crippen molar-refractivity contribution in [3.05, 3.63) is 48.1 Å². The quantitative estimate of drug-likeness (QED) is 0.730. The number of piperidine rings is 1. The Kier molecular flexibility index (Phi) is 3.37. The number of oxazole rings is 1. The first-order chi connectivity index (χ1) is 11.2. The van der Waals surface area contributed by atoms with E-state index in [1.807, 2.05) is 36.2 Å². The molecule has 1 atom stereocenters. The van der Waals surface area contributed by atoms with Crippen LogP contribution in [0.1, 0.15) is 41.7 Å². The Morgan fingerprint density at radius 2 is 2.13 bits per heavy atom. The molecule has 3 aromatic rings. The SMILES string of the molecule is Cn1ccc(C(=O)N2CCCCC2c2nc3ccccc3o2)n1. The normalized spacial score (nSPS) is 18.5. The van der Waals surface area contributed by atoms with Crippen LogP contribution >= 0.6 is 0 Å². The molecule has 6 heteroatoms. The van der Waals surface area contributed by atoms with E-state index < -0.39 is 0 Å². The standard InChI is InChI=1S/C17H18N4O2/c1-20-11-9-13(19-20)17(22)21-10-5-4-7-14(21)16-18-12-6-2-3-8-15(12)23-16/h2-3,6,8-9,11,14H,4-5,7,10H2,1H3. The first-order valence-electron chi connectivity index (χ1n) is 7.88. The molecule has 118 valence electrons. The van der Waals surface area contributed by atoms with E-state index in [-0.39, 0.29) is 11.9 Å². The Hall–Kier alpha value is -2.63. The number of hydrogen-bond donors (Lipinski definition) is 0. The monoisotopic (exact) mass is 310 g/mol. The molecule has 1 amide bonds. The maximum atomic E-state index is 12.8. The van der Waals surface area contributed by atoms with Gasteiger partial charge in [-0.3, -0.25) is 9.48 Å². The van der Waals surface area contributed by atoms with Crippen molar-refractivity contribution < 1.29 is 9.21 Å². The number of aryl methyl sites for hydroxylation is 1. The number of hydrogen-bond acceptors (Lipinski definition) is 4. The van der Waals surface area contributed by atoms with Gasteiger partial charge >= 0.3 is 0 Å². The minimum atomic E-state index is -0.120. The van der Waals surface area contributed by atoms with Crippen molar-refractivity contribution in [1.29, 1.82) is 0 Å². The lowest BCUT2D eigenvalue weighted by molar-refractivity contribution is 0.0567. The Labute approximate surface area is 133 Å². The molecule has 0 aliphatic carbocycles. The van der Waals surface area contributed by atoms with Crippen LogP contribution < -0.4 is 0 Å². The fraction of sp³-hybridized carbons (Fsp3) is 0.353. The largest absolute Gasteiger partial charge is 0.438 e. The molecule has 1 aromatic carbocycles. The average molecular weight is 310 g/mol. The Morgan fingerprint density at radius 3 is 2.91 bits per heavy atom. The van der Waals surface area contributed by atoms with Crippen molar-refractivity contribution >= 4 is 17.0 Å². The van der Waals surface area contributed by atoms with Crippen LogP contribution in [0.15, 0.2) is 40.9 Å². The molecule has 6 nitrogen and oxygen atoms in total. The van der Waals surface area contributed by atoms with E-state index >= 15 is 0 Å². The molecule has 1 fully saturated rings. The molecule has 0 saturated carbocycles. The van der Waals surface area contributed by atoms with Gasteiger partial charge < -0.3 is 9.32 Å². The molecule has 4 rings (SSSR count). The number of carbonyl (C=O) groups is 1. The maximum Gasteiger partial charge on any atom is 0.275 e. The number of para-hydroxylation sites is 2. The Morgan fingerprint density at radius 1 is 1.26 bits per heavy atom. The summed E-state index contributed by atoms with van der Waals surface area (Å²) in [6.45, 7) is 0.707. The summed E-state index contributed by atoms with van der Waals surface area (Å²) in [5.41, 5.74) is 2.06. The number of fused-ring (bicyclic) bond motifs is 1. The van der Waals surface area contributed by atoms with E-state index in [0.717, 1.165) is 30.4 Å². The van der Waals surface area contributed by atoms with Gasteiger partial charge in [-0.2, -0.15) is 5.10 Å². The fourth-order valence-electron chi connectivity index (χ4n) is 3.14. The summed E-state index contributed by atoms with van der Waals surface area (Å²) >= 11 is 0. The molecule has 1 aliphatic rings. The Balaban J connectivity index is 1.68. The van der Waals surface area contributed by atoms with E-state index in [9.17, 15) is 4.79 Å². The van der Waals surface area contributed by atoms with Gasteiger partial charge in [-0.05, 0) is 37.5 Å². The highest BCUT2D eigenvalue weighted by molar-refractivity contribution is 5.92. The fourth-order valence-corrected chi connectivity index (χ4v) is 3.14. The lowest BCUT2D eigenvalue weighted by atomic mass is 10.0. The van der Waals surface area contributed by atoms with E-state index in [4.69, 9.17) is 4.42 Å². The van der Waals surface area contributed by atoms with Crippen molar-refractivity contribution in [1.82, 2.24) is 19.7 Å². The highest BCUT2D eigenvalue weighted by atomic mass is 16.3. The Bertz CT molecular complexity index is 818. The zero-order valence-corrected chi connectivity index (χ0v) is 13.0. The predicted molar refractivity (Wildman–Crippen MR) is 84.8 cm³/mol. The van der Waals surface area contributed by atoms with Crippen LogP contribution in [0.4, 0.5) is 0 Å². The lowest BCUT2D eigenvalue weighted by Crippen LogP contribution is -2.38. The van der Waals surface area contributed by atoms with Crippen LogP contribution in [0.2, 0.25) is 0 Å². The molecule has 0 N–H and O–H groups in total. The second kappa shape index (κ2) is 5.53. The third-order valence-electron chi connectivity index (χ3n) is 4.29. The highest BCUT2D eigenvalue weighted by Crippen LogP contribution is 2.33. The van der Waals surface area contributed by atoms with Crippen molar-refractivity contribution in [2.45, 2.75) is 25.3 Å². The molecule has 1 aliphatic heterocycles. The number of carbonyl (C=O) groups excluding carboxylic acids is 1. The van der Waals surface area contributed by atoms with Crippen LogP contribution in [0.25, 0.3) is 11.1 Å². The molecule has 23 heavy (non-hydrogen) atoms. The molecular weight excluding hydrogens is 292 g/mol. The van der Waals surface area contributed by atoms with E-state index in [1.165, 1.54) is 0 Å². The van der Waals surface area contributed by atoms with E-state index in [2.05, 4.69) is 10.1 Å². The summed E-state index contributed by atoms with van der Waals surface area (Å²) < 4.78 is 7.54. The van der Waals surface area contributed by atoms with Crippen LogP contribution in [0.5, 0.6) is 0 Å². The molecule has 0 bridgehead atoms. The van der Waals surface area contributed by atoms with Gasteiger partial charge in [-0.25, -0.2) is 4.98 Å². The van der Waals surface area contributed by atoms with Gasteiger partial charge in [0.15, 0.2) is 5.58 Å². The second-order valence-corrected chi connectivity index (χ2v) is 5.90. The summed E-state index contributed by atoms with van der Waals surface area (Å²) in [7, 11) is 1.81. The van der Waals surface area contributed by atoms with Gasteiger partial charge in [0.25, 0.3) is 5.91 Å². The molecule has 0 spiro atoms. The van der Waals surface area contributed by atoms with Crippen molar-refractivity contribution in [2.75, 3.05) is 6.54 Å². The summed E-state index contributed by atoms with van der Waals surface area (Å²) in [4.78, 5) is 19.2. The van der Waals surface area contributed by atoms with Crippen molar-refractivity contribution in [3.63, 3.8) is 0 Å². The first-order valence-corrected chi connectivity index (χ1v) is 7.88. The van der Waals surface area contributed by atoms with E-state index in [0.29, 0.717) is 18.1 Å². The zero-order valence-electron chi connectivity index (χ0n) is 13.0. The molecule has 1 unspecified atom stereocenters. The van der Waals surface area contributed by atoms with Gasteiger partial charge in [0.1, 0.15) is 17.3 Å². The molecule has 3 heterocycles. The van der Waals surface area contributed by atoms with Crippen LogP contribution in [0, 0.1) is 0 Å². The number of amides is 1. The number of rotatable bonds is 2. The molecule has 0 radical (unpaired) electrons. The first kappa shape index (κ1) is 14.0. The van der Waals surface area contributed by atoms with Crippen LogP contribution in [-0.4, -0.2) is 32.1 Å². The second-order valence-electron chi connectivity index (χ2n) is 5.90. The van der Waals surface area contributed by atoms with Crippen LogP contribution in [0.3, 0.4) is 0 Å². The molecule has 1 saturated heterocycles. The topological polar surface area (TPSA) is 64.2 Å². The van der Waals surface area contributed by atoms with Crippen molar-refractivity contribution in [3.8, 4) is 0 Å². The minimum Gasteiger partial charge on any atom is -0.438 e. The average Bonchev–Trinajstić information content (AvgIpc) is 3.20. The highest BCUT2D eigenvalue weighted by Gasteiger charge is 2.33. The zero-order chi connectivity index (χ0) is 15.8. The molecule has 2 aromatic heterocycles. The summed E-state index contributed by atoms with van der Waals surface area (Å²) in [5.74, 6) is 0.563. The lowest BCUT2D eigenvalue weighted by Gasteiger charge is -2.33. The third-order valence-corrected chi connectivity index (χ3v) is 4.29. The minimum absolute atomic E-state index is 0.0578. The maximum absolute atomic E-state index is 12.8. The molecular formula is C17H18N4O2. The number of aromatic nitrogens is 3. The van der Waals surface area contributed by atoms with Gasteiger partial charge in [-0.15, -0.1) is 0 Å². The number of likely N-dealkylation sites (tertiary alicyclic amines) is 1. The van der Waals surface area contributed by atoms with Crippen molar-refractivity contribution in [2.24, 2.45) is 7.05 Å². The number of benzene rings is 1. The summed E-state index contributed by atoms with van der Waals surface area (Å²) in [6.07, 6.45) is 4.71. The third kappa shape index (κ3) is 2.50. The predicted octanol–water partition coefficient (Wildman–Crippen LogP) is 2.93. The number of nitrogens with zero attached hydrogens (tertiary/aromatic N) is 4.